The second-order valence-electron chi connectivity index (χ2n) is 6.10. The highest BCUT2D eigenvalue weighted by atomic mass is 16.1. The van der Waals surface area contributed by atoms with Crippen LogP contribution in [0.1, 0.15) is 35.2 Å². The number of nitrogens with one attached hydrogen (secondary N) is 1. The first kappa shape index (κ1) is 14.5. The predicted molar refractivity (Wildman–Crippen MR) is 90.4 cm³/mol. The van der Waals surface area contributed by atoms with Gasteiger partial charge in [0.05, 0.1) is 22.9 Å². The van der Waals surface area contributed by atoms with Gasteiger partial charge < -0.3 is 9.72 Å². The van der Waals surface area contributed by atoms with E-state index < -0.39 is 0 Å². The number of fused-ring (bicyclic) bond motifs is 1. The maximum absolute atomic E-state index is 12.3. The number of benzene rings is 1. The molecule has 1 aliphatic carbocycles. The molecule has 118 valence electrons. The molecule has 2 heterocycles. The Balaban J connectivity index is 1.62. The molecule has 0 bridgehead atoms. The molecule has 1 amide bonds. The van der Waals surface area contributed by atoms with Crippen LogP contribution in [0.15, 0.2) is 48.8 Å². The summed E-state index contributed by atoms with van der Waals surface area (Å²) < 4.78 is 1.86. The van der Waals surface area contributed by atoms with Crippen molar-refractivity contribution < 1.29 is 4.79 Å². The van der Waals surface area contributed by atoms with Crippen LogP contribution in [0, 0.1) is 11.3 Å². The van der Waals surface area contributed by atoms with E-state index >= 15 is 0 Å². The molecule has 5 heteroatoms. The molecule has 24 heavy (non-hydrogen) atoms. The van der Waals surface area contributed by atoms with Crippen molar-refractivity contribution in [3.8, 4) is 17.3 Å². The number of hydrogen-bond donors (Lipinski definition) is 1. The Morgan fingerprint density at radius 3 is 2.62 bits per heavy atom. The van der Waals surface area contributed by atoms with E-state index in [1.807, 2.05) is 35.0 Å². The Morgan fingerprint density at radius 1 is 1.17 bits per heavy atom. The van der Waals surface area contributed by atoms with Crippen LogP contribution in [0.3, 0.4) is 0 Å². The van der Waals surface area contributed by atoms with E-state index in [1.165, 1.54) is 6.42 Å². The van der Waals surface area contributed by atoms with Crippen molar-refractivity contribution in [1.82, 2.24) is 14.7 Å². The van der Waals surface area contributed by atoms with E-state index in [2.05, 4.69) is 16.4 Å². The van der Waals surface area contributed by atoms with E-state index in [-0.39, 0.29) is 5.91 Å². The molecule has 0 spiro atoms. The fourth-order valence-corrected chi connectivity index (χ4v) is 2.80. The number of hydrogen-bond acceptors (Lipinski definition) is 3. The van der Waals surface area contributed by atoms with Crippen LogP contribution in [0.25, 0.3) is 16.9 Å². The van der Waals surface area contributed by atoms with Crippen LogP contribution in [0.2, 0.25) is 0 Å². The van der Waals surface area contributed by atoms with Crippen LogP contribution in [-0.4, -0.2) is 21.3 Å². The molecule has 0 unspecified atom stereocenters. The average Bonchev–Trinajstić information content (AvgIpc) is 3.01. The monoisotopic (exact) mass is 316 g/mol. The summed E-state index contributed by atoms with van der Waals surface area (Å²) >= 11 is 0. The van der Waals surface area contributed by atoms with Crippen molar-refractivity contribution in [3.63, 3.8) is 0 Å². The van der Waals surface area contributed by atoms with Gasteiger partial charge in [0, 0.05) is 24.0 Å². The van der Waals surface area contributed by atoms with E-state index in [0.29, 0.717) is 17.2 Å². The molecule has 3 aromatic rings. The highest BCUT2D eigenvalue weighted by molar-refractivity contribution is 5.94. The Kier molecular flexibility index (Phi) is 3.51. The minimum absolute atomic E-state index is 0.0322. The van der Waals surface area contributed by atoms with Gasteiger partial charge in [-0.2, -0.15) is 5.26 Å². The number of aromatic nitrogens is 2. The van der Waals surface area contributed by atoms with Crippen molar-refractivity contribution in [2.24, 2.45) is 0 Å². The van der Waals surface area contributed by atoms with Gasteiger partial charge in [0.1, 0.15) is 5.65 Å². The van der Waals surface area contributed by atoms with Gasteiger partial charge in [-0.15, -0.1) is 0 Å². The topological polar surface area (TPSA) is 70.2 Å². The zero-order valence-electron chi connectivity index (χ0n) is 13.1. The molecule has 0 radical (unpaired) electrons. The third kappa shape index (κ3) is 2.63. The summed E-state index contributed by atoms with van der Waals surface area (Å²) in [4.78, 5) is 16.8. The van der Waals surface area contributed by atoms with Gasteiger partial charge in [0.15, 0.2) is 0 Å². The minimum Gasteiger partial charge on any atom is -0.349 e. The average molecular weight is 316 g/mol. The fraction of sp³-hybridized carbons (Fsp3) is 0.211. The highest BCUT2D eigenvalue weighted by Gasteiger charge is 2.20. The third-order valence-electron chi connectivity index (χ3n) is 4.46. The summed E-state index contributed by atoms with van der Waals surface area (Å²) in [6.07, 6.45) is 7.05. The molecule has 5 nitrogen and oxygen atoms in total. The number of carbonyl (C=O) groups is 1. The van der Waals surface area contributed by atoms with Gasteiger partial charge in [-0.1, -0.05) is 12.1 Å². The highest BCUT2D eigenvalue weighted by Crippen LogP contribution is 2.21. The molecule has 1 aromatic carbocycles. The van der Waals surface area contributed by atoms with Crippen molar-refractivity contribution in [3.05, 3.63) is 59.9 Å². The predicted octanol–water partition coefficient (Wildman–Crippen LogP) is 3.16. The summed E-state index contributed by atoms with van der Waals surface area (Å²) in [5, 5.41) is 11.9. The van der Waals surface area contributed by atoms with Gasteiger partial charge >= 0.3 is 0 Å². The second-order valence-corrected chi connectivity index (χ2v) is 6.10. The first-order valence-corrected chi connectivity index (χ1v) is 8.03. The molecule has 0 saturated heterocycles. The fourth-order valence-electron chi connectivity index (χ4n) is 2.80. The number of nitrogens with zero attached hydrogens (tertiary/aromatic N) is 3. The Bertz CT molecular complexity index is 946. The zero-order valence-corrected chi connectivity index (χ0v) is 13.1. The second kappa shape index (κ2) is 5.82. The van der Waals surface area contributed by atoms with E-state index in [0.717, 1.165) is 29.7 Å². The summed E-state index contributed by atoms with van der Waals surface area (Å²) in [5.74, 6) is -0.0322. The van der Waals surface area contributed by atoms with E-state index in [4.69, 9.17) is 5.26 Å². The molecular formula is C19H16N4O. The van der Waals surface area contributed by atoms with Crippen LogP contribution in [-0.2, 0) is 0 Å². The van der Waals surface area contributed by atoms with Gasteiger partial charge in [-0.25, -0.2) is 4.98 Å². The normalized spacial score (nSPS) is 14.1. The Labute approximate surface area is 139 Å². The van der Waals surface area contributed by atoms with Crippen LogP contribution in [0.5, 0.6) is 0 Å². The van der Waals surface area contributed by atoms with Gasteiger partial charge in [-0.05, 0) is 43.5 Å². The lowest BCUT2D eigenvalue weighted by Gasteiger charge is -2.26. The molecular weight excluding hydrogens is 300 g/mol. The number of rotatable bonds is 3. The first-order valence-electron chi connectivity index (χ1n) is 8.03. The van der Waals surface area contributed by atoms with Crippen molar-refractivity contribution >= 4 is 11.6 Å². The summed E-state index contributed by atoms with van der Waals surface area (Å²) in [6, 6.07) is 13.4. The number of nitriles is 1. The van der Waals surface area contributed by atoms with Gasteiger partial charge in [0.25, 0.3) is 5.91 Å². The summed E-state index contributed by atoms with van der Waals surface area (Å²) in [5.41, 5.74) is 3.81. The maximum Gasteiger partial charge on any atom is 0.252 e. The lowest BCUT2D eigenvalue weighted by Crippen LogP contribution is -2.39. The number of amides is 1. The van der Waals surface area contributed by atoms with Gasteiger partial charge in [0.2, 0.25) is 0 Å². The first-order chi connectivity index (χ1) is 11.7. The molecule has 4 rings (SSSR count). The van der Waals surface area contributed by atoms with Crippen LogP contribution < -0.4 is 5.32 Å². The molecule has 1 N–H and O–H groups in total. The summed E-state index contributed by atoms with van der Waals surface area (Å²) in [6.45, 7) is 0. The maximum atomic E-state index is 12.3. The quantitative estimate of drug-likeness (QED) is 0.807. The standard InChI is InChI=1S/C19H16N4O/c20-10-13-4-6-14(7-5-13)17-12-23-11-15(8-9-18(23)22-17)19(24)21-16-2-1-3-16/h4-9,11-12,16H,1-3H2,(H,21,24). The number of imidazole rings is 1. The lowest BCUT2D eigenvalue weighted by atomic mass is 9.93. The van der Waals surface area contributed by atoms with E-state index in [9.17, 15) is 4.79 Å². The third-order valence-corrected chi connectivity index (χ3v) is 4.46. The van der Waals surface area contributed by atoms with Crippen LogP contribution in [0.4, 0.5) is 0 Å². The molecule has 1 saturated carbocycles. The SMILES string of the molecule is N#Cc1ccc(-c2cn3cc(C(=O)NC4CCC4)ccc3n2)cc1. The summed E-state index contributed by atoms with van der Waals surface area (Å²) in [7, 11) is 0. The molecule has 1 aliphatic rings. The van der Waals surface area contributed by atoms with Crippen molar-refractivity contribution in [2.45, 2.75) is 25.3 Å². The largest absolute Gasteiger partial charge is 0.349 e. The lowest BCUT2D eigenvalue weighted by molar-refractivity contribution is 0.0916. The molecule has 0 atom stereocenters. The smallest absolute Gasteiger partial charge is 0.252 e. The molecule has 0 aliphatic heterocycles. The Morgan fingerprint density at radius 2 is 1.96 bits per heavy atom. The Hall–Kier alpha value is -3.13. The number of pyridine rings is 1. The molecule has 1 fully saturated rings. The van der Waals surface area contributed by atoms with Crippen molar-refractivity contribution in [2.75, 3.05) is 0 Å². The van der Waals surface area contributed by atoms with E-state index in [1.54, 1.807) is 18.2 Å². The minimum atomic E-state index is -0.0322. The van der Waals surface area contributed by atoms with Crippen molar-refractivity contribution in [1.29, 1.82) is 5.26 Å². The van der Waals surface area contributed by atoms with Crippen LogP contribution >= 0.6 is 0 Å². The zero-order chi connectivity index (χ0) is 16.5. The molecule has 2 aromatic heterocycles. The van der Waals surface area contributed by atoms with Gasteiger partial charge in [-0.3, -0.25) is 4.79 Å². The number of carbonyl (C=O) groups excluding carboxylic acids is 1.